The molecule has 7 heteroatoms. The molecule has 0 aliphatic carbocycles. The third-order valence-corrected chi connectivity index (χ3v) is 3.15. The van der Waals surface area contributed by atoms with Crippen LogP contribution in [0.5, 0.6) is 0 Å². The number of aromatic nitrogens is 3. The maximum Gasteiger partial charge on any atom is 0.281 e. The Morgan fingerprint density at radius 2 is 2.06 bits per heavy atom. The monoisotopic (exact) mass is 263 g/mol. The first-order valence-corrected chi connectivity index (χ1v) is 6.09. The third-order valence-electron chi connectivity index (χ3n) is 2.27. The van der Waals surface area contributed by atoms with Crippen LogP contribution in [0.4, 0.5) is 0 Å². The molecule has 0 radical (unpaired) electrons. The molecule has 2 aromatic heterocycles. The summed E-state index contributed by atoms with van der Waals surface area (Å²) in [7, 11) is 0. The van der Waals surface area contributed by atoms with Crippen molar-refractivity contribution in [3.63, 3.8) is 0 Å². The molecule has 0 atom stereocenters. The van der Waals surface area contributed by atoms with Crippen molar-refractivity contribution in [2.45, 2.75) is 30.9 Å². The van der Waals surface area contributed by atoms with Crippen molar-refractivity contribution < 1.29 is 4.42 Å². The van der Waals surface area contributed by atoms with E-state index in [9.17, 15) is 0 Å². The Hall–Kier alpha value is -1.89. The number of hydrogen-bond acceptors (Lipinski definition) is 6. The van der Waals surface area contributed by atoms with Gasteiger partial charge in [0.2, 0.25) is 5.89 Å². The number of aryl methyl sites for hydroxylation is 3. The average molecular weight is 263 g/mol. The van der Waals surface area contributed by atoms with Gasteiger partial charge >= 0.3 is 0 Å². The first-order chi connectivity index (χ1) is 8.47. The molecular formula is C11H13N5OS. The van der Waals surface area contributed by atoms with E-state index in [1.807, 2.05) is 19.9 Å². The molecular weight excluding hydrogens is 250 g/mol. The minimum atomic E-state index is -0.0151. The Morgan fingerprint density at radius 3 is 2.61 bits per heavy atom. The van der Waals surface area contributed by atoms with Crippen LogP contribution in [0.2, 0.25) is 0 Å². The van der Waals surface area contributed by atoms with Crippen molar-refractivity contribution in [3.8, 4) is 0 Å². The topological polar surface area (TPSA) is 102 Å². The lowest BCUT2D eigenvalue weighted by molar-refractivity contribution is 0.429. The Morgan fingerprint density at radius 1 is 1.33 bits per heavy atom. The fourth-order valence-corrected chi connectivity index (χ4v) is 2.64. The van der Waals surface area contributed by atoms with E-state index in [0.29, 0.717) is 16.7 Å². The number of nitrogens with two attached hydrogens (primary N) is 1. The second-order valence-electron chi connectivity index (χ2n) is 3.82. The highest BCUT2D eigenvalue weighted by Gasteiger charge is 2.15. The molecule has 0 amide bonds. The standard InChI is InChI=1S/C11H13N5OS/c1-5-4-8(9(10(12)13)6(2)14-5)18-11-16-15-7(3)17-11/h4H,1-3H3,(H3,12,13). The maximum atomic E-state index is 7.62. The number of pyridine rings is 1. The summed E-state index contributed by atoms with van der Waals surface area (Å²) in [6.07, 6.45) is 0. The molecule has 94 valence electrons. The molecule has 0 fully saturated rings. The molecule has 18 heavy (non-hydrogen) atoms. The fraction of sp³-hybridized carbons (Fsp3) is 0.273. The molecule has 0 saturated heterocycles. The minimum Gasteiger partial charge on any atom is -0.416 e. The average Bonchev–Trinajstić information content (AvgIpc) is 2.62. The van der Waals surface area contributed by atoms with Gasteiger partial charge < -0.3 is 10.2 Å². The third kappa shape index (κ3) is 2.51. The van der Waals surface area contributed by atoms with Crippen molar-refractivity contribution in [2.75, 3.05) is 0 Å². The summed E-state index contributed by atoms with van der Waals surface area (Å²) >= 11 is 1.29. The van der Waals surface area contributed by atoms with Crippen molar-refractivity contribution in [1.29, 1.82) is 5.41 Å². The molecule has 0 saturated carbocycles. The van der Waals surface area contributed by atoms with E-state index in [2.05, 4.69) is 15.2 Å². The molecule has 3 N–H and O–H groups in total. The Bertz CT molecular complexity index is 607. The van der Waals surface area contributed by atoms with E-state index < -0.39 is 0 Å². The zero-order chi connectivity index (χ0) is 13.3. The zero-order valence-electron chi connectivity index (χ0n) is 10.3. The summed E-state index contributed by atoms with van der Waals surface area (Å²) in [5.74, 6) is 0.489. The number of amidine groups is 1. The predicted molar refractivity (Wildman–Crippen MR) is 67.9 cm³/mol. The van der Waals surface area contributed by atoms with Gasteiger partial charge in [-0.05, 0) is 31.7 Å². The molecule has 0 unspecified atom stereocenters. The van der Waals surface area contributed by atoms with Crippen LogP contribution in [0.15, 0.2) is 20.6 Å². The van der Waals surface area contributed by atoms with Crippen LogP contribution in [0.3, 0.4) is 0 Å². The first kappa shape index (κ1) is 12.6. The van der Waals surface area contributed by atoms with Crippen LogP contribution >= 0.6 is 11.8 Å². The van der Waals surface area contributed by atoms with Crippen molar-refractivity contribution >= 4 is 17.6 Å². The fourth-order valence-electron chi connectivity index (χ4n) is 1.61. The van der Waals surface area contributed by atoms with E-state index in [-0.39, 0.29) is 5.84 Å². The van der Waals surface area contributed by atoms with E-state index in [0.717, 1.165) is 16.3 Å². The van der Waals surface area contributed by atoms with Gasteiger partial charge in [-0.1, -0.05) is 0 Å². The minimum absolute atomic E-state index is 0.0151. The molecule has 0 bridgehead atoms. The Labute approximate surface area is 109 Å². The molecule has 2 aromatic rings. The molecule has 6 nitrogen and oxygen atoms in total. The van der Waals surface area contributed by atoms with Gasteiger partial charge in [-0.2, -0.15) is 0 Å². The van der Waals surface area contributed by atoms with Crippen molar-refractivity contribution in [2.24, 2.45) is 5.73 Å². The van der Waals surface area contributed by atoms with Crippen LogP contribution in [0.1, 0.15) is 22.8 Å². The summed E-state index contributed by atoms with van der Waals surface area (Å²) in [5, 5.41) is 15.7. The zero-order valence-corrected chi connectivity index (χ0v) is 11.1. The highest BCUT2D eigenvalue weighted by molar-refractivity contribution is 7.99. The van der Waals surface area contributed by atoms with E-state index in [1.165, 1.54) is 11.8 Å². The number of rotatable bonds is 3. The lowest BCUT2D eigenvalue weighted by Gasteiger charge is -2.09. The van der Waals surface area contributed by atoms with Gasteiger partial charge in [-0.3, -0.25) is 10.4 Å². The summed E-state index contributed by atoms with van der Waals surface area (Å²) in [5.41, 5.74) is 7.78. The SMILES string of the molecule is Cc1cc(Sc2nnc(C)o2)c(C(=N)N)c(C)n1. The second kappa shape index (κ2) is 4.77. The summed E-state index contributed by atoms with van der Waals surface area (Å²) in [4.78, 5) is 5.10. The summed E-state index contributed by atoms with van der Waals surface area (Å²) in [6, 6.07) is 1.86. The summed E-state index contributed by atoms with van der Waals surface area (Å²) in [6.45, 7) is 5.44. The van der Waals surface area contributed by atoms with Crippen LogP contribution in [0, 0.1) is 26.2 Å². The smallest absolute Gasteiger partial charge is 0.281 e. The van der Waals surface area contributed by atoms with Gasteiger partial charge in [-0.25, -0.2) is 0 Å². The molecule has 2 rings (SSSR count). The lowest BCUT2D eigenvalue weighted by atomic mass is 10.1. The van der Waals surface area contributed by atoms with Gasteiger partial charge in [0, 0.05) is 23.2 Å². The molecule has 2 heterocycles. The molecule has 0 aromatic carbocycles. The molecule has 0 aliphatic rings. The first-order valence-electron chi connectivity index (χ1n) is 5.28. The lowest BCUT2D eigenvalue weighted by Crippen LogP contribution is -2.15. The van der Waals surface area contributed by atoms with Crippen molar-refractivity contribution in [1.82, 2.24) is 15.2 Å². The maximum absolute atomic E-state index is 7.62. The van der Waals surface area contributed by atoms with Gasteiger partial charge in [0.05, 0.1) is 5.56 Å². The summed E-state index contributed by atoms with van der Waals surface area (Å²) < 4.78 is 5.31. The number of nitrogen functional groups attached to an aromatic ring is 1. The Kier molecular flexibility index (Phi) is 3.33. The Balaban J connectivity index is 2.45. The second-order valence-corrected chi connectivity index (χ2v) is 4.82. The van der Waals surface area contributed by atoms with Crippen LogP contribution in [-0.2, 0) is 0 Å². The largest absolute Gasteiger partial charge is 0.416 e. The van der Waals surface area contributed by atoms with Gasteiger partial charge in [0.1, 0.15) is 5.84 Å². The number of hydrogen-bond donors (Lipinski definition) is 2. The van der Waals surface area contributed by atoms with Crippen LogP contribution < -0.4 is 5.73 Å². The van der Waals surface area contributed by atoms with Gasteiger partial charge in [0.25, 0.3) is 5.22 Å². The molecule has 0 aliphatic heterocycles. The normalized spacial score (nSPS) is 10.6. The number of nitrogens with zero attached hydrogens (tertiary/aromatic N) is 3. The highest BCUT2D eigenvalue weighted by atomic mass is 32.2. The predicted octanol–water partition coefficient (Wildman–Crippen LogP) is 1.83. The van der Waals surface area contributed by atoms with Crippen molar-refractivity contribution in [3.05, 3.63) is 28.9 Å². The van der Waals surface area contributed by atoms with E-state index >= 15 is 0 Å². The van der Waals surface area contributed by atoms with Gasteiger partial charge in [0.15, 0.2) is 0 Å². The molecule has 0 spiro atoms. The quantitative estimate of drug-likeness (QED) is 0.647. The highest BCUT2D eigenvalue weighted by Crippen LogP contribution is 2.30. The van der Waals surface area contributed by atoms with E-state index in [4.69, 9.17) is 15.6 Å². The van der Waals surface area contributed by atoms with Crippen LogP contribution in [0.25, 0.3) is 0 Å². The number of nitrogens with one attached hydrogen (secondary N) is 1. The van der Waals surface area contributed by atoms with Gasteiger partial charge in [-0.15, -0.1) is 10.2 Å². The van der Waals surface area contributed by atoms with E-state index in [1.54, 1.807) is 6.92 Å². The van der Waals surface area contributed by atoms with Crippen LogP contribution in [-0.4, -0.2) is 21.0 Å².